The molecule has 4 rings (SSSR count). The standard InChI is InChI=1S/C19H19N3O/c20-9-7-12-3-1-4-13(11-12)18-14-8-10-21-19(23)15-5-2-6-16(22-18)17(14)15/h1-6,11,22H,7-10,20H2,(H,21,23). The smallest absolute Gasteiger partial charge is 0.251 e. The summed E-state index contributed by atoms with van der Waals surface area (Å²) in [6, 6.07) is 14.3. The Morgan fingerprint density at radius 3 is 2.87 bits per heavy atom. The second kappa shape index (κ2) is 5.56. The van der Waals surface area contributed by atoms with Gasteiger partial charge in [0.2, 0.25) is 0 Å². The zero-order valence-electron chi connectivity index (χ0n) is 12.9. The van der Waals surface area contributed by atoms with Crippen LogP contribution >= 0.6 is 0 Å². The van der Waals surface area contributed by atoms with Crippen LogP contribution in [0, 0.1) is 0 Å². The minimum absolute atomic E-state index is 0.0109. The molecule has 2 heterocycles. The minimum Gasteiger partial charge on any atom is -0.354 e. The summed E-state index contributed by atoms with van der Waals surface area (Å²) in [5.74, 6) is 0.0109. The minimum atomic E-state index is 0.0109. The van der Waals surface area contributed by atoms with Crippen molar-refractivity contribution in [2.45, 2.75) is 12.8 Å². The van der Waals surface area contributed by atoms with Crippen molar-refractivity contribution < 1.29 is 4.79 Å². The van der Waals surface area contributed by atoms with Crippen LogP contribution in [0.15, 0.2) is 42.5 Å². The van der Waals surface area contributed by atoms with E-state index in [1.54, 1.807) is 0 Å². The molecule has 23 heavy (non-hydrogen) atoms. The van der Waals surface area contributed by atoms with E-state index in [-0.39, 0.29) is 5.91 Å². The van der Waals surface area contributed by atoms with Crippen LogP contribution in [0.4, 0.5) is 0 Å². The third kappa shape index (κ3) is 2.32. The van der Waals surface area contributed by atoms with Crippen LogP contribution in [0.5, 0.6) is 0 Å². The van der Waals surface area contributed by atoms with Gasteiger partial charge in [0.25, 0.3) is 5.91 Å². The van der Waals surface area contributed by atoms with Crippen LogP contribution in [-0.4, -0.2) is 24.0 Å². The molecule has 4 nitrogen and oxygen atoms in total. The molecule has 0 unspecified atom stereocenters. The van der Waals surface area contributed by atoms with E-state index >= 15 is 0 Å². The van der Waals surface area contributed by atoms with Crippen molar-refractivity contribution in [3.8, 4) is 11.3 Å². The number of nitrogens with one attached hydrogen (secondary N) is 2. The highest BCUT2D eigenvalue weighted by atomic mass is 16.1. The van der Waals surface area contributed by atoms with Crippen molar-refractivity contribution in [3.05, 3.63) is 59.2 Å². The van der Waals surface area contributed by atoms with E-state index in [1.165, 1.54) is 11.1 Å². The SMILES string of the molecule is NCCc1cccc(-c2[nH]c3cccc4c3c2CCNC4=O)c1. The van der Waals surface area contributed by atoms with E-state index in [4.69, 9.17) is 5.73 Å². The average molecular weight is 305 g/mol. The van der Waals surface area contributed by atoms with Gasteiger partial charge < -0.3 is 16.0 Å². The Kier molecular flexibility index (Phi) is 3.39. The van der Waals surface area contributed by atoms with Gasteiger partial charge in [-0.3, -0.25) is 4.79 Å². The largest absolute Gasteiger partial charge is 0.354 e. The molecule has 1 aliphatic heterocycles. The Labute approximate surface area is 134 Å². The number of benzene rings is 2. The van der Waals surface area contributed by atoms with Gasteiger partial charge in [-0.2, -0.15) is 0 Å². The first-order valence-corrected chi connectivity index (χ1v) is 7.99. The maximum absolute atomic E-state index is 12.2. The summed E-state index contributed by atoms with van der Waals surface area (Å²) in [4.78, 5) is 15.8. The van der Waals surface area contributed by atoms with Crippen LogP contribution in [0.1, 0.15) is 21.5 Å². The van der Waals surface area contributed by atoms with E-state index in [0.29, 0.717) is 13.1 Å². The Morgan fingerprint density at radius 1 is 1.13 bits per heavy atom. The van der Waals surface area contributed by atoms with Crippen LogP contribution < -0.4 is 11.1 Å². The van der Waals surface area contributed by atoms with Gasteiger partial charge in [0, 0.05) is 28.7 Å². The number of hydrogen-bond acceptors (Lipinski definition) is 2. The predicted octanol–water partition coefficient (Wildman–Crippen LogP) is 2.62. The number of amides is 1. The molecule has 4 N–H and O–H groups in total. The molecule has 0 atom stereocenters. The molecule has 2 aromatic carbocycles. The second-order valence-corrected chi connectivity index (χ2v) is 5.95. The van der Waals surface area contributed by atoms with Gasteiger partial charge >= 0.3 is 0 Å². The number of rotatable bonds is 3. The molecule has 1 aromatic heterocycles. The molecule has 0 saturated heterocycles. The van der Waals surface area contributed by atoms with Crippen molar-refractivity contribution in [2.75, 3.05) is 13.1 Å². The van der Waals surface area contributed by atoms with Crippen LogP contribution in [0.25, 0.3) is 22.2 Å². The first kappa shape index (κ1) is 14.0. The van der Waals surface area contributed by atoms with Crippen LogP contribution in [0.2, 0.25) is 0 Å². The number of carbonyl (C=O) groups is 1. The number of H-pyrrole nitrogens is 1. The molecule has 0 saturated carbocycles. The fraction of sp³-hybridized carbons (Fsp3) is 0.211. The first-order valence-electron chi connectivity index (χ1n) is 7.99. The zero-order chi connectivity index (χ0) is 15.8. The van der Waals surface area contributed by atoms with Crippen molar-refractivity contribution in [1.29, 1.82) is 0 Å². The quantitative estimate of drug-likeness (QED) is 0.696. The van der Waals surface area contributed by atoms with Crippen molar-refractivity contribution in [1.82, 2.24) is 10.3 Å². The van der Waals surface area contributed by atoms with Gasteiger partial charge in [0.05, 0.1) is 0 Å². The van der Waals surface area contributed by atoms with Gasteiger partial charge in [-0.1, -0.05) is 24.3 Å². The molecular formula is C19H19N3O. The monoisotopic (exact) mass is 305 g/mol. The highest BCUT2D eigenvalue weighted by Gasteiger charge is 2.21. The zero-order valence-corrected chi connectivity index (χ0v) is 12.9. The number of aromatic amines is 1. The fourth-order valence-corrected chi connectivity index (χ4v) is 3.45. The summed E-state index contributed by atoms with van der Waals surface area (Å²) < 4.78 is 0. The number of aromatic nitrogens is 1. The molecule has 1 aliphatic rings. The Bertz CT molecular complexity index is 895. The summed E-state index contributed by atoms with van der Waals surface area (Å²) in [5.41, 5.74) is 12.2. The van der Waals surface area contributed by atoms with Crippen molar-refractivity contribution in [3.63, 3.8) is 0 Å². The lowest BCUT2D eigenvalue weighted by Crippen LogP contribution is -2.23. The molecule has 4 heteroatoms. The maximum atomic E-state index is 12.2. The third-order valence-corrected chi connectivity index (χ3v) is 4.48. The number of nitrogens with two attached hydrogens (primary N) is 1. The topological polar surface area (TPSA) is 70.9 Å². The summed E-state index contributed by atoms with van der Waals surface area (Å²) in [6.45, 7) is 1.31. The fourth-order valence-electron chi connectivity index (χ4n) is 3.45. The van der Waals surface area contributed by atoms with E-state index in [2.05, 4.69) is 34.6 Å². The molecular weight excluding hydrogens is 286 g/mol. The maximum Gasteiger partial charge on any atom is 0.251 e. The first-order chi connectivity index (χ1) is 11.3. The highest BCUT2D eigenvalue weighted by molar-refractivity contribution is 6.10. The summed E-state index contributed by atoms with van der Waals surface area (Å²) in [5, 5.41) is 4.04. The van der Waals surface area contributed by atoms with Gasteiger partial charge in [-0.05, 0) is 54.3 Å². The predicted molar refractivity (Wildman–Crippen MR) is 92.5 cm³/mol. The van der Waals surface area contributed by atoms with E-state index in [0.717, 1.165) is 40.6 Å². The molecule has 1 amide bonds. The lowest BCUT2D eigenvalue weighted by molar-refractivity contribution is 0.0957. The normalized spacial score (nSPS) is 13.9. The van der Waals surface area contributed by atoms with E-state index < -0.39 is 0 Å². The van der Waals surface area contributed by atoms with Crippen molar-refractivity contribution in [2.24, 2.45) is 5.73 Å². The number of hydrogen-bond donors (Lipinski definition) is 3. The van der Waals surface area contributed by atoms with Gasteiger partial charge in [-0.25, -0.2) is 0 Å². The lowest BCUT2D eigenvalue weighted by Gasteiger charge is -2.06. The third-order valence-electron chi connectivity index (χ3n) is 4.48. The Morgan fingerprint density at radius 2 is 2.00 bits per heavy atom. The molecule has 3 aromatic rings. The Balaban J connectivity index is 1.94. The van der Waals surface area contributed by atoms with E-state index in [1.807, 2.05) is 18.2 Å². The Hall–Kier alpha value is -2.59. The van der Waals surface area contributed by atoms with Crippen LogP contribution in [-0.2, 0) is 12.8 Å². The second-order valence-electron chi connectivity index (χ2n) is 5.95. The molecule has 116 valence electrons. The van der Waals surface area contributed by atoms with E-state index in [9.17, 15) is 4.79 Å². The van der Waals surface area contributed by atoms with Crippen LogP contribution in [0.3, 0.4) is 0 Å². The summed E-state index contributed by atoms with van der Waals surface area (Å²) >= 11 is 0. The summed E-state index contributed by atoms with van der Waals surface area (Å²) in [7, 11) is 0. The summed E-state index contributed by atoms with van der Waals surface area (Å²) in [6.07, 6.45) is 1.70. The molecule has 0 fully saturated rings. The van der Waals surface area contributed by atoms with Gasteiger partial charge in [0.1, 0.15) is 0 Å². The van der Waals surface area contributed by atoms with Gasteiger partial charge in [0.15, 0.2) is 0 Å². The van der Waals surface area contributed by atoms with Crippen molar-refractivity contribution >= 4 is 16.8 Å². The molecule has 0 bridgehead atoms. The van der Waals surface area contributed by atoms with Gasteiger partial charge in [-0.15, -0.1) is 0 Å². The highest BCUT2D eigenvalue weighted by Crippen LogP contribution is 2.34. The molecule has 0 aliphatic carbocycles. The lowest BCUT2D eigenvalue weighted by atomic mass is 9.99. The average Bonchev–Trinajstić information content (AvgIpc) is 2.85. The molecule has 0 spiro atoms. The molecule has 0 radical (unpaired) electrons. The number of carbonyl (C=O) groups excluding carboxylic acids is 1.